The number of nitrogens with zero attached hydrogens (tertiary/aromatic N) is 1. The molecule has 0 radical (unpaired) electrons. The molecule has 2 aliphatic heterocycles. The van der Waals surface area contributed by atoms with Crippen LogP contribution in [0.15, 0.2) is 0 Å². The lowest BCUT2D eigenvalue weighted by Crippen LogP contribution is -2.43. The first-order chi connectivity index (χ1) is 10.3. The zero-order chi connectivity index (χ0) is 14.9. The smallest absolute Gasteiger partial charge is 0.223 e. The molecule has 0 aromatic carbocycles. The molecule has 2 rings (SSSR count). The first-order valence-electron chi connectivity index (χ1n) is 8.49. The molecular weight excluding hydrogens is 302 g/mol. The summed E-state index contributed by atoms with van der Waals surface area (Å²) in [7, 11) is 1.69. The van der Waals surface area contributed by atoms with Crippen molar-refractivity contribution in [1.82, 2.24) is 15.5 Å². The lowest BCUT2D eigenvalue weighted by Gasteiger charge is -2.35. The van der Waals surface area contributed by atoms with Crippen molar-refractivity contribution >= 4 is 18.3 Å². The van der Waals surface area contributed by atoms with Gasteiger partial charge in [0.15, 0.2) is 0 Å². The van der Waals surface area contributed by atoms with Gasteiger partial charge in [0.25, 0.3) is 0 Å². The molecule has 2 fully saturated rings. The minimum absolute atomic E-state index is 0. The van der Waals surface area contributed by atoms with Gasteiger partial charge in [-0.25, -0.2) is 0 Å². The molecule has 0 spiro atoms. The van der Waals surface area contributed by atoms with Crippen LogP contribution in [0.5, 0.6) is 0 Å². The summed E-state index contributed by atoms with van der Waals surface area (Å²) in [5, 5.41) is 6.46. The van der Waals surface area contributed by atoms with E-state index < -0.39 is 0 Å². The van der Waals surface area contributed by atoms with Gasteiger partial charge in [-0.3, -0.25) is 4.79 Å². The zero-order valence-electron chi connectivity index (χ0n) is 13.8. The van der Waals surface area contributed by atoms with E-state index in [9.17, 15) is 4.79 Å². The molecule has 2 heterocycles. The molecular formula is C16H32ClN3O2. The molecule has 0 unspecified atom stereocenters. The van der Waals surface area contributed by atoms with E-state index in [2.05, 4.69) is 15.5 Å². The van der Waals surface area contributed by atoms with E-state index in [0.29, 0.717) is 0 Å². The SMILES string of the molecule is COCCCNC(=O)C1CCN(CC2CCNCC2)CC1.Cl. The molecule has 2 aliphatic rings. The number of halogens is 1. The zero-order valence-corrected chi connectivity index (χ0v) is 14.6. The second-order valence-electron chi connectivity index (χ2n) is 6.41. The van der Waals surface area contributed by atoms with E-state index in [1.54, 1.807) is 7.11 Å². The van der Waals surface area contributed by atoms with E-state index >= 15 is 0 Å². The van der Waals surface area contributed by atoms with Gasteiger partial charge in [-0.05, 0) is 64.2 Å². The van der Waals surface area contributed by atoms with Gasteiger partial charge in [-0.2, -0.15) is 0 Å². The molecule has 0 saturated carbocycles. The van der Waals surface area contributed by atoms with Crippen LogP contribution in [0, 0.1) is 11.8 Å². The topological polar surface area (TPSA) is 53.6 Å². The highest BCUT2D eigenvalue weighted by atomic mass is 35.5. The van der Waals surface area contributed by atoms with Crippen molar-refractivity contribution in [2.45, 2.75) is 32.1 Å². The van der Waals surface area contributed by atoms with E-state index in [1.807, 2.05) is 0 Å². The standard InChI is InChI=1S/C16H31N3O2.ClH/c1-21-12-2-7-18-16(20)15-5-10-19(11-6-15)13-14-3-8-17-9-4-14;/h14-15,17H,2-13H2,1H3,(H,18,20);1H. The first kappa shape index (κ1) is 19.7. The average molecular weight is 334 g/mol. The summed E-state index contributed by atoms with van der Waals surface area (Å²) in [6, 6.07) is 0. The fraction of sp³-hybridized carbons (Fsp3) is 0.938. The highest BCUT2D eigenvalue weighted by Gasteiger charge is 2.26. The second kappa shape index (κ2) is 11.2. The summed E-state index contributed by atoms with van der Waals surface area (Å²) in [4.78, 5) is 14.6. The molecule has 0 bridgehead atoms. The predicted molar refractivity (Wildman–Crippen MR) is 91.5 cm³/mol. The van der Waals surface area contributed by atoms with Crippen LogP contribution in [0.1, 0.15) is 32.1 Å². The number of ether oxygens (including phenoxy) is 1. The Morgan fingerprint density at radius 2 is 1.91 bits per heavy atom. The van der Waals surface area contributed by atoms with Crippen molar-refractivity contribution in [1.29, 1.82) is 0 Å². The van der Waals surface area contributed by atoms with Crippen LogP contribution in [-0.4, -0.2) is 63.8 Å². The van der Waals surface area contributed by atoms with Crippen molar-refractivity contribution in [3.8, 4) is 0 Å². The maximum atomic E-state index is 12.1. The van der Waals surface area contributed by atoms with E-state index in [4.69, 9.17) is 4.74 Å². The Hall–Kier alpha value is -0.360. The molecule has 6 heteroatoms. The minimum atomic E-state index is 0. The van der Waals surface area contributed by atoms with Gasteiger partial charge in [-0.15, -0.1) is 12.4 Å². The van der Waals surface area contributed by atoms with E-state index in [1.165, 1.54) is 32.5 Å². The largest absolute Gasteiger partial charge is 0.385 e. The summed E-state index contributed by atoms with van der Waals surface area (Å²) in [6.07, 6.45) is 5.54. The average Bonchev–Trinajstić information content (AvgIpc) is 2.53. The summed E-state index contributed by atoms with van der Waals surface area (Å²) in [5.74, 6) is 1.31. The second-order valence-corrected chi connectivity index (χ2v) is 6.41. The Morgan fingerprint density at radius 3 is 2.55 bits per heavy atom. The van der Waals surface area contributed by atoms with Gasteiger partial charge in [0.2, 0.25) is 5.91 Å². The number of amides is 1. The van der Waals surface area contributed by atoms with Crippen LogP contribution >= 0.6 is 12.4 Å². The van der Waals surface area contributed by atoms with Crippen LogP contribution in [-0.2, 0) is 9.53 Å². The van der Waals surface area contributed by atoms with Gasteiger partial charge in [0.05, 0.1) is 0 Å². The van der Waals surface area contributed by atoms with Gasteiger partial charge < -0.3 is 20.3 Å². The molecule has 0 aromatic heterocycles. The lowest BCUT2D eigenvalue weighted by molar-refractivity contribution is -0.126. The summed E-state index contributed by atoms with van der Waals surface area (Å²) in [5.41, 5.74) is 0. The maximum absolute atomic E-state index is 12.1. The Bertz CT molecular complexity index is 304. The number of hydrogen-bond acceptors (Lipinski definition) is 4. The highest BCUT2D eigenvalue weighted by Crippen LogP contribution is 2.20. The van der Waals surface area contributed by atoms with Gasteiger partial charge in [-0.1, -0.05) is 0 Å². The summed E-state index contributed by atoms with van der Waals surface area (Å²) >= 11 is 0. The molecule has 2 N–H and O–H groups in total. The number of likely N-dealkylation sites (tertiary alicyclic amines) is 1. The molecule has 130 valence electrons. The van der Waals surface area contributed by atoms with Crippen molar-refractivity contribution in [2.24, 2.45) is 11.8 Å². The molecule has 0 aromatic rings. The van der Waals surface area contributed by atoms with Crippen molar-refractivity contribution in [2.75, 3.05) is 53.0 Å². The third-order valence-corrected chi connectivity index (χ3v) is 4.76. The lowest BCUT2D eigenvalue weighted by atomic mass is 9.93. The molecule has 1 amide bonds. The van der Waals surface area contributed by atoms with Crippen molar-refractivity contribution in [3.63, 3.8) is 0 Å². The first-order valence-corrected chi connectivity index (χ1v) is 8.49. The Morgan fingerprint density at radius 1 is 1.23 bits per heavy atom. The molecule has 0 aliphatic carbocycles. The molecule has 5 nitrogen and oxygen atoms in total. The number of carbonyl (C=O) groups excluding carboxylic acids is 1. The van der Waals surface area contributed by atoms with Crippen molar-refractivity contribution in [3.05, 3.63) is 0 Å². The maximum Gasteiger partial charge on any atom is 0.223 e. The van der Waals surface area contributed by atoms with Crippen LogP contribution < -0.4 is 10.6 Å². The van der Waals surface area contributed by atoms with Crippen LogP contribution in [0.2, 0.25) is 0 Å². The highest BCUT2D eigenvalue weighted by molar-refractivity contribution is 5.85. The Kier molecular flexibility index (Phi) is 10.0. The van der Waals surface area contributed by atoms with E-state index in [0.717, 1.165) is 51.4 Å². The number of rotatable bonds is 7. The molecule has 0 atom stereocenters. The Labute approximate surface area is 140 Å². The third kappa shape index (κ3) is 6.82. The number of methoxy groups -OCH3 is 1. The quantitative estimate of drug-likeness (QED) is 0.689. The van der Waals surface area contributed by atoms with Gasteiger partial charge in [0.1, 0.15) is 0 Å². The summed E-state index contributed by atoms with van der Waals surface area (Å²) in [6.45, 7) is 7.19. The van der Waals surface area contributed by atoms with Gasteiger partial charge >= 0.3 is 0 Å². The van der Waals surface area contributed by atoms with Crippen LogP contribution in [0.3, 0.4) is 0 Å². The third-order valence-electron chi connectivity index (χ3n) is 4.76. The number of carbonyl (C=O) groups is 1. The molecule has 22 heavy (non-hydrogen) atoms. The predicted octanol–water partition coefficient (Wildman–Crippen LogP) is 1.27. The number of piperidine rings is 2. The van der Waals surface area contributed by atoms with E-state index in [-0.39, 0.29) is 24.2 Å². The van der Waals surface area contributed by atoms with Crippen LogP contribution in [0.25, 0.3) is 0 Å². The number of nitrogens with one attached hydrogen (secondary N) is 2. The summed E-state index contributed by atoms with van der Waals surface area (Å²) < 4.78 is 4.99. The Balaban J connectivity index is 0.00000242. The number of hydrogen-bond donors (Lipinski definition) is 2. The minimum Gasteiger partial charge on any atom is -0.385 e. The normalized spacial score (nSPS) is 21.3. The fourth-order valence-electron chi connectivity index (χ4n) is 3.38. The van der Waals surface area contributed by atoms with Crippen molar-refractivity contribution < 1.29 is 9.53 Å². The molecule has 2 saturated heterocycles. The fourth-order valence-corrected chi connectivity index (χ4v) is 3.38. The van der Waals surface area contributed by atoms with Crippen LogP contribution in [0.4, 0.5) is 0 Å². The monoisotopic (exact) mass is 333 g/mol. The van der Waals surface area contributed by atoms with Gasteiger partial charge in [0, 0.05) is 32.7 Å².